The highest BCUT2D eigenvalue weighted by molar-refractivity contribution is 6.00. The maximum absolute atomic E-state index is 12.8. The molecule has 0 atom stereocenters. The molecule has 152 valence electrons. The van der Waals surface area contributed by atoms with Gasteiger partial charge in [0.1, 0.15) is 0 Å². The molecule has 0 aliphatic rings. The summed E-state index contributed by atoms with van der Waals surface area (Å²) < 4.78 is 10.9. The van der Waals surface area contributed by atoms with E-state index in [1.54, 1.807) is 0 Å². The molecule has 0 unspecified atom stereocenters. The van der Waals surface area contributed by atoms with E-state index in [0.717, 1.165) is 25.7 Å². The molecular formula is C22H40O4. The van der Waals surface area contributed by atoms with Crippen molar-refractivity contribution in [3.05, 3.63) is 11.1 Å². The van der Waals surface area contributed by atoms with Gasteiger partial charge in [-0.15, -0.1) is 0 Å². The lowest BCUT2D eigenvalue weighted by Gasteiger charge is -2.25. The number of esters is 2. The Hall–Kier alpha value is -1.32. The summed E-state index contributed by atoms with van der Waals surface area (Å²) >= 11 is 0. The van der Waals surface area contributed by atoms with Crippen molar-refractivity contribution in [2.45, 2.75) is 93.9 Å². The summed E-state index contributed by atoms with van der Waals surface area (Å²) in [5.74, 6) is -0.750. The molecule has 0 fully saturated rings. The van der Waals surface area contributed by atoms with Gasteiger partial charge in [0.25, 0.3) is 0 Å². The second-order valence-electron chi connectivity index (χ2n) is 9.41. The Labute approximate surface area is 160 Å². The molecule has 0 aromatic carbocycles. The van der Waals surface area contributed by atoms with Crippen LogP contribution in [0.4, 0.5) is 0 Å². The van der Waals surface area contributed by atoms with Gasteiger partial charge in [-0.05, 0) is 36.5 Å². The van der Waals surface area contributed by atoms with Gasteiger partial charge >= 0.3 is 11.9 Å². The molecule has 0 radical (unpaired) electrons. The molecule has 0 aliphatic heterocycles. The number of unbranched alkanes of at least 4 members (excludes halogenated alkanes) is 2. The van der Waals surface area contributed by atoms with Crippen LogP contribution in [0.15, 0.2) is 11.1 Å². The quantitative estimate of drug-likeness (QED) is 0.276. The Bertz CT molecular complexity index is 431. The SMILES string of the molecule is CCCCOC(=O)/C(CC(C)(C)C)=C(/CC(C)(C)C)C(=O)OCCCC. The van der Waals surface area contributed by atoms with Crippen molar-refractivity contribution < 1.29 is 19.1 Å². The molecule has 0 aromatic heterocycles. The summed E-state index contributed by atoms with van der Waals surface area (Å²) in [6.45, 7) is 17.2. The first kappa shape index (κ1) is 24.7. The highest BCUT2D eigenvalue weighted by atomic mass is 16.5. The summed E-state index contributed by atoms with van der Waals surface area (Å²) in [5.41, 5.74) is 0.688. The van der Waals surface area contributed by atoms with E-state index in [1.165, 1.54) is 0 Å². The van der Waals surface area contributed by atoms with Gasteiger partial charge in [0.15, 0.2) is 0 Å². The third-order valence-corrected chi connectivity index (χ3v) is 3.73. The van der Waals surface area contributed by atoms with E-state index >= 15 is 0 Å². The van der Waals surface area contributed by atoms with Gasteiger partial charge in [0.05, 0.1) is 13.2 Å². The van der Waals surface area contributed by atoms with E-state index in [4.69, 9.17) is 9.47 Å². The van der Waals surface area contributed by atoms with Gasteiger partial charge in [-0.25, -0.2) is 9.59 Å². The molecule has 0 spiro atoms. The number of hydrogen-bond acceptors (Lipinski definition) is 4. The van der Waals surface area contributed by atoms with Crippen LogP contribution in [0.3, 0.4) is 0 Å². The van der Waals surface area contributed by atoms with Crippen LogP contribution in [-0.2, 0) is 19.1 Å². The van der Waals surface area contributed by atoms with Crippen LogP contribution in [-0.4, -0.2) is 25.2 Å². The van der Waals surface area contributed by atoms with Crippen molar-refractivity contribution >= 4 is 11.9 Å². The second kappa shape index (κ2) is 11.4. The Morgan fingerprint density at radius 2 is 0.962 bits per heavy atom. The van der Waals surface area contributed by atoms with Gasteiger partial charge in [0, 0.05) is 11.1 Å². The zero-order valence-corrected chi connectivity index (χ0v) is 18.3. The van der Waals surface area contributed by atoms with Crippen molar-refractivity contribution in [3.8, 4) is 0 Å². The van der Waals surface area contributed by atoms with Crippen LogP contribution in [0, 0.1) is 10.8 Å². The zero-order chi connectivity index (χ0) is 20.4. The molecule has 4 heteroatoms. The molecule has 26 heavy (non-hydrogen) atoms. The summed E-state index contributed by atoms with van der Waals surface area (Å²) in [6, 6.07) is 0. The zero-order valence-electron chi connectivity index (χ0n) is 18.3. The first-order valence-electron chi connectivity index (χ1n) is 9.97. The fraction of sp³-hybridized carbons (Fsp3) is 0.818. The first-order chi connectivity index (χ1) is 11.9. The molecular weight excluding hydrogens is 328 g/mol. The highest BCUT2D eigenvalue weighted by Crippen LogP contribution is 2.33. The molecule has 4 nitrogen and oxygen atoms in total. The first-order valence-corrected chi connectivity index (χ1v) is 9.97. The molecule has 0 aromatic rings. The Kier molecular flexibility index (Phi) is 10.8. The minimum atomic E-state index is -0.375. The number of ether oxygens (including phenoxy) is 2. The van der Waals surface area contributed by atoms with E-state index in [0.29, 0.717) is 37.2 Å². The topological polar surface area (TPSA) is 52.6 Å². The monoisotopic (exact) mass is 368 g/mol. The summed E-state index contributed by atoms with van der Waals surface area (Å²) in [7, 11) is 0. The van der Waals surface area contributed by atoms with E-state index in [-0.39, 0.29) is 22.8 Å². The normalized spacial score (nSPS) is 13.2. The second-order valence-corrected chi connectivity index (χ2v) is 9.41. The maximum Gasteiger partial charge on any atom is 0.334 e. The lowest BCUT2D eigenvalue weighted by Crippen LogP contribution is -2.24. The van der Waals surface area contributed by atoms with Crippen LogP contribution in [0.5, 0.6) is 0 Å². The summed E-state index contributed by atoms with van der Waals surface area (Å²) in [5, 5.41) is 0. The van der Waals surface area contributed by atoms with Crippen molar-refractivity contribution in [3.63, 3.8) is 0 Å². The van der Waals surface area contributed by atoms with E-state index in [1.807, 2.05) is 0 Å². The number of hydrogen-bond donors (Lipinski definition) is 0. The van der Waals surface area contributed by atoms with Crippen molar-refractivity contribution in [2.75, 3.05) is 13.2 Å². The predicted molar refractivity (Wildman–Crippen MR) is 107 cm³/mol. The van der Waals surface area contributed by atoms with Crippen LogP contribution in [0.2, 0.25) is 0 Å². The Morgan fingerprint density at radius 1 is 0.654 bits per heavy atom. The fourth-order valence-electron chi connectivity index (χ4n) is 2.46. The lowest BCUT2D eigenvalue weighted by molar-refractivity contribution is -0.143. The van der Waals surface area contributed by atoms with Crippen molar-refractivity contribution in [1.82, 2.24) is 0 Å². The predicted octanol–water partition coefficient (Wildman–Crippen LogP) is 5.84. The molecule has 0 saturated carbocycles. The third-order valence-electron chi connectivity index (χ3n) is 3.73. The van der Waals surface area contributed by atoms with Crippen molar-refractivity contribution in [2.24, 2.45) is 10.8 Å². The number of rotatable bonds is 10. The van der Waals surface area contributed by atoms with E-state index < -0.39 is 0 Å². The van der Waals surface area contributed by atoms with Crippen molar-refractivity contribution in [1.29, 1.82) is 0 Å². The smallest absolute Gasteiger partial charge is 0.334 e. The highest BCUT2D eigenvalue weighted by Gasteiger charge is 2.30. The summed E-state index contributed by atoms with van der Waals surface area (Å²) in [4.78, 5) is 25.5. The van der Waals surface area contributed by atoms with Crippen LogP contribution in [0.25, 0.3) is 0 Å². The number of carbonyl (C=O) groups is 2. The van der Waals surface area contributed by atoms with Gasteiger partial charge < -0.3 is 9.47 Å². The number of carbonyl (C=O) groups excluding carboxylic acids is 2. The summed E-state index contributed by atoms with van der Waals surface area (Å²) in [6.07, 6.45) is 4.55. The fourth-order valence-corrected chi connectivity index (χ4v) is 2.46. The van der Waals surface area contributed by atoms with E-state index in [9.17, 15) is 9.59 Å². The minimum Gasteiger partial charge on any atom is -0.462 e. The average Bonchev–Trinajstić information content (AvgIpc) is 2.49. The molecule has 0 N–H and O–H groups in total. The van der Waals surface area contributed by atoms with Gasteiger partial charge in [0.2, 0.25) is 0 Å². The molecule has 0 amide bonds. The standard InChI is InChI=1S/C22H40O4/c1-9-11-13-25-19(23)17(15-21(3,4)5)18(16-22(6,7)8)20(24)26-14-12-10-2/h9-16H2,1-8H3/b18-17-. The molecule has 0 saturated heterocycles. The largest absolute Gasteiger partial charge is 0.462 e. The average molecular weight is 369 g/mol. The molecule has 0 heterocycles. The third kappa shape index (κ3) is 11.3. The van der Waals surface area contributed by atoms with E-state index in [2.05, 4.69) is 55.4 Å². The molecule has 0 rings (SSSR count). The Balaban J connectivity index is 5.79. The Morgan fingerprint density at radius 3 is 1.19 bits per heavy atom. The molecule has 0 bridgehead atoms. The maximum atomic E-state index is 12.8. The van der Waals surface area contributed by atoms with Crippen LogP contribution in [0.1, 0.15) is 93.9 Å². The van der Waals surface area contributed by atoms with Gasteiger partial charge in [-0.1, -0.05) is 68.2 Å². The van der Waals surface area contributed by atoms with Gasteiger partial charge in [-0.3, -0.25) is 0 Å². The molecule has 0 aliphatic carbocycles. The lowest BCUT2D eigenvalue weighted by atomic mass is 9.81. The van der Waals surface area contributed by atoms with Gasteiger partial charge in [-0.2, -0.15) is 0 Å². The van der Waals surface area contributed by atoms with Crippen LogP contribution >= 0.6 is 0 Å². The van der Waals surface area contributed by atoms with Crippen LogP contribution < -0.4 is 0 Å². The minimum absolute atomic E-state index is 0.133.